The second kappa shape index (κ2) is 6.42. The molecule has 0 unspecified atom stereocenters. The molecule has 0 saturated heterocycles. The number of alkyl halides is 2. The number of rotatable bonds is 5. The van der Waals surface area contributed by atoms with Crippen molar-refractivity contribution >= 4 is 17.9 Å². The molecule has 0 spiro atoms. The number of carbonyl (C=O) groups excluding carboxylic acids is 1. The van der Waals surface area contributed by atoms with Gasteiger partial charge in [-0.1, -0.05) is 0 Å². The second-order valence-electron chi connectivity index (χ2n) is 5.13. The van der Waals surface area contributed by atoms with Crippen LogP contribution in [0.5, 0.6) is 0 Å². The Morgan fingerprint density at radius 1 is 1.35 bits per heavy atom. The van der Waals surface area contributed by atoms with Crippen molar-refractivity contribution in [3.63, 3.8) is 0 Å². The van der Waals surface area contributed by atoms with E-state index < -0.39 is 17.6 Å². The third-order valence-electron chi connectivity index (χ3n) is 1.49. The van der Waals surface area contributed by atoms with Crippen LogP contribution >= 0.6 is 11.8 Å². The van der Waals surface area contributed by atoms with Crippen LogP contribution in [-0.4, -0.2) is 35.2 Å². The van der Waals surface area contributed by atoms with E-state index >= 15 is 0 Å². The Morgan fingerprint density at radius 3 is 2.29 bits per heavy atom. The van der Waals surface area contributed by atoms with E-state index in [0.717, 1.165) is 18.7 Å². The molecular formula is C11H21F2NO2S. The Labute approximate surface area is 106 Å². The standard InChI is InChI=1S/C11H21F2NO2S/c1-8(6-17-7-11(5,12)13)14-9(15)16-10(2,3)4/h8H,6-7H2,1-5H3,(H,14,15)/t8-/m1/s1. The number of amides is 1. The van der Waals surface area contributed by atoms with Crippen LogP contribution in [0.4, 0.5) is 13.6 Å². The molecule has 17 heavy (non-hydrogen) atoms. The maximum Gasteiger partial charge on any atom is 0.407 e. The van der Waals surface area contributed by atoms with Crippen LogP contribution in [0.1, 0.15) is 34.6 Å². The summed E-state index contributed by atoms with van der Waals surface area (Å²) in [5.74, 6) is -2.48. The van der Waals surface area contributed by atoms with Gasteiger partial charge in [-0.3, -0.25) is 0 Å². The van der Waals surface area contributed by atoms with Crippen molar-refractivity contribution in [2.45, 2.75) is 52.2 Å². The zero-order valence-electron chi connectivity index (χ0n) is 11.0. The van der Waals surface area contributed by atoms with Crippen LogP contribution in [0.15, 0.2) is 0 Å². The predicted molar refractivity (Wildman–Crippen MR) is 66.8 cm³/mol. The molecule has 0 heterocycles. The number of hydrogen-bond acceptors (Lipinski definition) is 3. The van der Waals surface area contributed by atoms with Gasteiger partial charge in [0.25, 0.3) is 5.92 Å². The van der Waals surface area contributed by atoms with Crippen molar-refractivity contribution in [3.05, 3.63) is 0 Å². The van der Waals surface area contributed by atoms with Gasteiger partial charge in [-0.15, -0.1) is 0 Å². The van der Waals surface area contributed by atoms with Crippen molar-refractivity contribution in [1.82, 2.24) is 5.32 Å². The molecule has 1 N–H and O–H groups in total. The maximum atomic E-state index is 12.5. The number of ether oxygens (including phenoxy) is 1. The molecule has 0 saturated carbocycles. The van der Waals surface area contributed by atoms with Crippen LogP contribution in [0, 0.1) is 0 Å². The molecule has 0 aliphatic carbocycles. The first-order valence-corrected chi connectivity index (χ1v) is 6.60. The minimum Gasteiger partial charge on any atom is -0.444 e. The van der Waals surface area contributed by atoms with Gasteiger partial charge in [-0.25, -0.2) is 13.6 Å². The summed E-state index contributed by atoms with van der Waals surface area (Å²) in [4.78, 5) is 11.3. The molecule has 1 atom stereocenters. The quantitative estimate of drug-likeness (QED) is 0.832. The van der Waals surface area contributed by atoms with E-state index in [-0.39, 0.29) is 11.8 Å². The highest BCUT2D eigenvalue weighted by molar-refractivity contribution is 7.99. The first kappa shape index (κ1) is 16.5. The van der Waals surface area contributed by atoms with Crippen LogP contribution < -0.4 is 5.32 Å². The van der Waals surface area contributed by atoms with Crippen LogP contribution in [0.25, 0.3) is 0 Å². The lowest BCUT2D eigenvalue weighted by molar-refractivity contribution is 0.0492. The van der Waals surface area contributed by atoms with Gasteiger partial charge in [0.15, 0.2) is 0 Å². The number of alkyl carbamates (subject to hydrolysis) is 1. The zero-order chi connectivity index (χ0) is 13.7. The van der Waals surface area contributed by atoms with Crippen molar-refractivity contribution in [1.29, 1.82) is 0 Å². The third kappa shape index (κ3) is 11.7. The summed E-state index contributed by atoms with van der Waals surface area (Å²) in [5, 5.41) is 2.60. The smallest absolute Gasteiger partial charge is 0.407 e. The molecule has 0 aliphatic heterocycles. The largest absolute Gasteiger partial charge is 0.444 e. The van der Waals surface area contributed by atoms with Crippen molar-refractivity contribution < 1.29 is 18.3 Å². The number of hydrogen-bond donors (Lipinski definition) is 1. The number of thioether (sulfide) groups is 1. The summed E-state index contributed by atoms with van der Waals surface area (Å²) in [5.41, 5.74) is -0.548. The highest BCUT2D eigenvalue weighted by Crippen LogP contribution is 2.19. The molecule has 0 aromatic carbocycles. The molecule has 6 heteroatoms. The summed E-state index contributed by atoms with van der Waals surface area (Å²) in [6, 6.07) is -0.197. The molecule has 0 aromatic rings. The number of nitrogens with one attached hydrogen (secondary N) is 1. The fourth-order valence-electron chi connectivity index (χ4n) is 0.965. The van der Waals surface area contributed by atoms with Gasteiger partial charge in [-0.2, -0.15) is 11.8 Å². The fourth-order valence-corrected chi connectivity index (χ4v) is 1.88. The number of carbonyl (C=O) groups is 1. The minimum absolute atomic E-state index is 0.197. The van der Waals surface area contributed by atoms with Crippen molar-refractivity contribution in [3.8, 4) is 0 Å². The van der Waals surface area contributed by atoms with E-state index in [0.29, 0.717) is 5.75 Å². The molecule has 0 radical (unpaired) electrons. The van der Waals surface area contributed by atoms with E-state index in [1.54, 1.807) is 27.7 Å². The molecule has 0 rings (SSSR count). The van der Waals surface area contributed by atoms with Gasteiger partial charge in [0.2, 0.25) is 0 Å². The van der Waals surface area contributed by atoms with E-state index in [2.05, 4.69) is 5.32 Å². The van der Waals surface area contributed by atoms with Gasteiger partial charge >= 0.3 is 6.09 Å². The van der Waals surface area contributed by atoms with E-state index in [1.165, 1.54) is 0 Å². The topological polar surface area (TPSA) is 38.3 Å². The lowest BCUT2D eigenvalue weighted by Gasteiger charge is -2.22. The molecule has 0 bridgehead atoms. The monoisotopic (exact) mass is 269 g/mol. The summed E-state index contributed by atoms with van der Waals surface area (Å²) in [6.07, 6.45) is -0.520. The molecule has 0 fully saturated rings. The molecule has 1 amide bonds. The van der Waals surface area contributed by atoms with E-state index in [4.69, 9.17) is 4.74 Å². The van der Waals surface area contributed by atoms with Gasteiger partial charge in [0, 0.05) is 18.7 Å². The summed E-state index contributed by atoms with van der Waals surface area (Å²) >= 11 is 1.11. The Bertz CT molecular complexity index is 249. The Balaban J connectivity index is 3.79. The van der Waals surface area contributed by atoms with Crippen LogP contribution in [-0.2, 0) is 4.74 Å². The van der Waals surface area contributed by atoms with Gasteiger partial charge in [0.1, 0.15) is 5.60 Å². The summed E-state index contributed by atoms with van der Waals surface area (Å²) in [6.45, 7) is 7.94. The highest BCUT2D eigenvalue weighted by atomic mass is 32.2. The Morgan fingerprint density at radius 2 is 1.88 bits per heavy atom. The first-order valence-electron chi connectivity index (χ1n) is 5.45. The summed E-state index contributed by atoms with van der Waals surface area (Å²) in [7, 11) is 0. The first-order chi connectivity index (χ1) is 7.49. The van der Waals surface area contributed by atoms with E-state index in [1.807, 2.05) is 0 Å². The molecule has 0 aromatic heterocycles. The third-order valence-corrected chi connectivity index (χ3v) is 2.93. The van der Waals surface area contributed by atoms with Gasteiger partial charge in [-0.05, 0) is 27.7 Å². The van der Waals surface area contributed by atoms with Crippen LogP contribution in [0.3, 0.4) is 0 Å². The number of halogens is 2. The highest BCUT2D eigenvalue weighted by Gasteiger charge is 2.22. The molecular weight excluding hydrogens is 248 g/mol. The van der Waals surface area contributed by atoms with Gasteiger partial charge < -0.3 is 10.1 Å². The van der Waals surface area contributed by atoms with Crippen molar-refractivity contribution in [2.24, 2.45) is 0 Å². The molecule has 0 aliphatic rings. The molecule has 3 nitrogen and oxygen atoms in total. The lowest BCUT2D eigenvalue weighted by Crippen LogP contribution is -2.39. The molecule has 102 valence electrons. The average molecular weight is 269 g/mol. The Kier molecular flexibility index (Phi) is 6.23. The predicted octanol–water partition coefficient (Wildman–Crippen LogP) is 3.29. The van der Waals surface area contributed by atoms with Crippen LogP contribution in [0.2, 0.25) is 0 Å². The average Bonchev–Trinajstić information content (AvgIpc) is 1.96. The van der Waals surface area contributed by atoms with E-state index in [9.17, 15) is 13.6 Å². The van der Waals surface area contributed by atoms with Crippen molar-refractivity contribution in [2.75, 3.05) is 11.5 Å². The zero-order valence-corrected chi connectivity index (χ0v) is 11.8. The fraction of sp³-hybridized carbons (Fsp3) is 0.909. The SMILES string of the molecule is C[C@H](CSCC(C)(F)F)NC(=O)OC(C)(C)C. The normalized spacial score (nSPS) is 14.3. The Hall–Kier alpha value is -0.520. The summed E-state index contributed by atoms with van der Waals surface area (Å²) < 4.78 is 30.1. The second-order valence-corrected chi connectivity index (χ2v) is 6.16. The minimum atomic E-state index is -2.67. The maximum absolute atomic E-state index is 12.5. The van der Waals surface area contributed by atoms with Gasteiger partial charge in [0.05, 0.1) is 5.75 Å². The lowest BCUT2D eigenvalue weighted by atomic mass is 10.2.